The van der Waals surface area contributed by atoms with Crippen LogP contribution in [0.1, 0.15) is 11.1 Å². The molecule has 2 aromatic carbocycles. The molecule has 0 aliphatic heterocycles. The Bertz CT molecular complexity index is 478. The van der Waals surface area contributed by atoms with Crippen molar-refractivity contribution in [3.8, 4) is 11.5 Å². The van der Waals surface area contributed by atoms with Crippen LogP contribution in [0.5, 0.6) is 11.5 Å². The summed E-state index contributed by atoms with van der Waals surface area (Å²) in [5.74, 6) is 1.18. The average molecular weight is 214 g/mol. The molecule has 0 saturated heterocycles. The van der Waals surface area contributed by atoms with Gasteiger partial charge in [-0.2, -0.15) is 0 Å². The topological polar surface area (TPSA) is 29.5 Å². The predicted octanol–water partition coefficient (Wildman–Crippen LogP) is 2.99. The Morgan fingerprint density at radius 1 is 1.06 bits per heavy atom. The summed E-state index contributed by atoms with van der Waals surface area (Å²) in [6, 6.07) is 15.2. The smallest absolute Gasteiger partial charge is 0.119 e. The number of benzene rings is 2. The van der Waals surface area contributed by atoms with Crippen LogP contribution in [0.4, 0.5) is 0 Å². The zero-order valence-corrected chi connectivity index (χ0v) is 9.18. The zero-order valence-electron chi connectivity index (χ0n) is 9.18. The van der Waals surface area contributed by atoms with E-state index >= 15 is 0 Å². The number of hydrogen-bond acceptors (Lipinski definition) is 2. The minimum Gasteiger partial charge on any atom is -0.508 e. The van der Waals surface area contributed by atoms with Gasteiger partial charge >= 0.3 is 0 Å². The molecule has 2 heteroatoms. The summed E-state index contributed by atoms with van der Waals surface area (Å²) in [6.07, 6.45) is 0.712. The van der Waals surface area contributed by atoms with Crippen molar-refractivity contribution in [3.63, 3.8) is 0 Å². The Balaban J connectivity index is 2.24. The quantitative estimate of drug-likeness (QED) is 0.851. The van der Waals surface area contributed by atoms with Crippen molar-refractivity contribution in [2.75, 3.05) is 7.11 Å². The van der Waals surface area contributed by atoms with Gasteiger partial charge in [-0.05, 0) is 29.3 Å². The Kier molecular flexibility index (Phi) is 3.10. The molecule has 2 rings (SSSR count). The molecule has 0 aromatic heterocycles. The number of rotatable bonds is 3. The molecule has 0 spiro atoms. The largest absolute Gasteiger partial charge is 0.508 e. The second-order valence-corrected chi connectivity index (χ2v) is 3.66. The van der Waals surface area contributed by atoms with Gasteiger partial charge in [0.25, 0.3) is 0 Å². The number of phenolic OH excluding ortho intramolecular Hbond substituents is 1. The number of aromatic hydroxyl groups is 1. The number of ether oxygens (including phenoxy) is 1. The third-order valence-corrected chi connectivity index (χ3v) is 2.52. The molecule has 2 nitrogen and oxygen atoms in total. The highest BCUT2D eigenvalue weighted by Gasteiger charge is 2.02. The normalized spacial score (nSPS) is 10.1. The van der Waals surface area contributed by atoms with Crippen molar-refractivity contribution in [1.29, 1.82) is 0 Å². The van der Waals surface area contributed by atoms with Crippen molar-refractivity contribution in [2.45, 2.75) is 6.42 Å². The monoisotopic (exact) mass is 214 g/mol. The van der Waals surface area contributed by atoms with E-state index in [4.69, 9.17) is 4.74 Å². The zero-order chi connectivity index (χ0) is 11.4. The van der Waals surface area contributed by atoms with Crippen molar-refractivity contribution >= 4 is 0 Å². The maximum Gasteiger partial charge on any atom is 0.119 e. The van der Waals surface area contributed by atoms with Crippen LogP contribution in [0.25, 0.3) is 0 Å². The summed E-state index contributed by atoms with van der Waals surface area (Å²) in [4.78, 5) is 0. The first-order chi connectivity index (χ1) is 7.79. The SMILES string of the molecule is COc1cccc(Cc2ccccc2O)c1. The number of phenols is 1. The molecular formula is C14H14O2. The molecular weight excluding hydrogens is 200 g/mol. The lowest BCUT2D eigenvalue weighted by Crippen LogP contribution is -1.90. The summed E-state index contributed by atoms with van der Waals surface area (Å²) in [6.45, 7) is 0. The minimum atomic E-state index is 0.338. The standard InChI is InChI=1S/C14H14O2/c1-16-13-7-4-5-11(10-13)9-12-6-2-3-8-14(12)15/h2-8,10,15H,9H2,1H3. The van der Waals surface area contributed by atoms with Crippen LogP contribution < -0.4 is 4.74 Å². The molecule has 1 N–H and O–H groups in total. The van der Waals surface area contributed by atoms with Gasteiger partial charge in [-0.1, -0.05) is 30.3 Å². The minimum absolute atomic E-state index is 0.338. The van der Waals surface area contributed by atoms with Gasteiger partial charge in [0, 0.05) is 6.42 Å². The highest BCUT2D eigenvalue weighted by molar-refractivity contribution is 5.38. The predicted molar refractivity (Wildman–Crippen MR) is 63.9 cm³/mol. The third-order valence-electron chi connectivity index (χ3n) is 2.52. The molecule has 0 fully saturated rings. The fourth-order valence-corrected chi connectivity index (χ4v) is 1.66. The first kappa shape index (κ1) is 10.6. The van der Waals surface area contributed by atoms with Crippen molar-refractivity contribution in [2.24, 2.45) is 0 Å². The maximum absolute atomic E-state index is 9.67. The van der Waals surface area contributed by atoms with E-state index in [0.717, 1.165) is 16.9 Å². The molecule has 0 aliphatic carbocycles. The van der Waals surface area contributed by atoms with Crippen LogP contribution in [-0.2, 0) is 6.42 Å². The van der Waals surface area contributed by atoms with Crippen LogP contribution in [0.2, 0.25) is 0 Å². The van der Waals surface area contributed by atoms with Crippen LogP contribution in [0.3, 0.4) is 0 Å². The molecule has 0 atom stereocenters. The highest BCUT2D eigenvalue weighted by Crippen LogP contribution is 2.21. The van der Waals surface area contributed by atoms with Gasteiger partial charge in [-0.15, -0.1) is 0 Å². The molecule has 16 heavy (non-hydrogen) atoms. The number of hydrogen-bond donors (Lipinski definition) is 1. The summed E-state index contributed by atoms with van der Waals surface area (Å²) < 4.78 is 5.16. The number of para-hydroxylation sites is 1. The van der Waals surface area contributed by atoms with E-state index in [1.807, 2.05) is 42.5 Å². The van der Waals surface area contributed by atoms with E-state index in [1.54, 1.807) is 13.2 Å². The first-order valence-electron chi connectivity index (χ1n) is 5.19. The second kappa shape index (κ2) is 4.71. The Morgan fingerprint density at radius 3 is 2.62 bits per heavy atom. The number of methoxy groups -OCH3 is 1. The molecule has 82 valence electrons. The van der Waals surface area contributed by atoms with Gasteiger partial charge in [0.15, 0.2) is 0 Å². The fourth-order valence-electron chi connectivity index (χ4n) is 1.66. The third kappa shape index (κ3) is 2.34. The van der Waals surface area contributed by atoms with E-state index in [-0.39, 0.29) is 0 Å². The Morgan fingerprint density at radius 2 is 1.88 bits per heavy atom. The molecule has 0 radical (unpaired) electrons. The van der Waals surface area contributed by atoms with Crippen LogP contribution >= 0.6 is 0 Å². The van der Waals surface area contributed by atoms with E-state index in [2.05, 4.69) is 0 Å². The van der Waals surface area contributed by atoms with Crippen LogP contribution in [-0.4, -0.2) is 12.2 Å². The van der Waals surface area contributed by atoms with E-state index in [9.17, 15) is 5.11 Å². The van der Waals surface area contributed by atoms with Gasteiger partial charge in [-0.25, -0.2) is 0 Å². The average Bonchev–Trinajstić information content (AvgIpc) is 2.32. The van der Waals surface area contributed by atoms with Crippen molar-refractivity contribution in [1.82, 2.24) is 0 Å². The van der Waals surface area contributed by atoms with E-state index in [1.165, 1.54) is 0 Å². The van der Waals surface area contributed by atoms with Crippen LogP contribution in [0, 0.1) is 0 Å². The lowest BCUT2D eigenvalue weighted by molar-refractivity contribution is 0.414. The van der Waals surface area contributed by atoms with Gasteiger partial charge in [0.2, 0.25) is 0 Å². The molecule has 0 bridgehead atoms. The second-order valence-electron chi connectivity index (χ2n) is 3.66. The van der Waals surface area contributed by atoms with Gasteiger partial charge in [0.1, 0.15) is 11.5 Å². The van der Waals surface area contributed by atoms with E-state index < -0.39 is 0 Å². The lowest BCUT2D eigenvalue weighted by atomic mass is 10.0. The molecule has 0 saturated carbocycles. The summed E-state index contributed by atoms with van der Waals surface area (Å²) in [7, 11) is 1.65. The Hall–Kier alpha value is -1.96. The molecule has 0 aliphatic rings. The van der Waals surface area contributed by atoms with Crippen molar-refractivity contribution < 1.29 is 9.84 Å². The molecule has 0 unspecified atom stereocenters. The first-order valence-corrected chi connectivity index (χ1v) is 5.19. The summed E-state index contributed by atoms with van der Waals surface area (Å²) >= 11 is 0. The van der Waals surface area contributed by atoms with Gasteiger partial charge in [-0.3, -0.25) is 0 Å². The molecule has 0 heterocycles. The van der Waals surface area contributed by atoms with E-state index in [0.29, 0.717) is 12.2 Å². The summed E-state index contributed by atoms with van der Waals surface area (Å²) in [5, 5.41) is 9.67. The lowest BCUT2D eigenvalue weighted by Gasteiger charge is -2.06. The highest BCUT2D eigenvalue weighted by atomic mass is 16.5. The Labute approximate surface area is 95.1 Å². The van der Waals surface area contributed by atoms with Crippen LogP contribution in [0.15, 0.2) is 48.5 Å². The fraction of sp³-hybridized carbons (Fsp3) is 0.143. The molecule has 2 aromatic rings. The van der Waals surface area contributed by atoms with Gasteiger partial charge in [0.05, 0.1) is 7.11 Å². The van der Waals surface area contributed by atoms with Gasteiger partial charge < -0.3 is 9.84 Å². The summed E-state index contributed by atoms with van der Waals surface area (Å²) in [5.41, 5.74) is 2.05. The maximum atomic E-state index is 9.67. The van der Waals surface area contributed by atoms with Crippen molar-refractivity contribution in [3.05, 3.63) is 59.7 Å². The molecule has 0 amide bonds.